The fraction of sp³-hybridized carbons (Fsp3) is 0.556. The fourth-order valence-electron chi connectivity index (χ4n) is 1.05. The first-order valence-electron chi connectivity index (χ1n) is 4.34. The van der Waals surface area contributed by atoms with Crippen LogP contribution in [0, 0.1) is 6.92 Å². The van der Waals surface area contributed by atoms with Crippen molar-refractivity contribution in [2.24, 2.45) is 0 Å². The molecule has 1 N–H and O–H groups in total. The number of hydrogen-bond donors (Lipinski definition) is 1. The molecule has 5 heteroatoms. The first kappa shape index (κ1) is 10.7. The Morgan fingerprint density at radius 3 is 3.00 bits per heavy atom. The van der Waals surface area contributed by atoms with E-state index in [1.165, 1.54) is 7.11 Å². The van der Waals surface area contributed by atoms with Gasteiger partial charge in [-0.15, -0.1) is 0 Å². The predicted octanol–water partition coefficient (Wildman–Crippen LogP) is 0.807. The number of nitrogens with one attached hydrogen (secondary N) is 1. The highest BCUT2D eigenvalue weighted by molar-refractivity contribution is 5.77. The van der Waals surface area contributed by atoms with Crippen molar-refractivity contribution in [3.63, 3.8) is 0 Å². The van der Waals surface area contributed by atoms with E-state index in [1.54, 1.807) is 20.0 Å². The number of rotatable bonds is 4. The van der Waals surface area contributed by atoms with Crippen molar-refractivity contribution in [1.29, 1.82) is 0 Å². The largest absolute Gasteiger partial charge is 0.444 e. The number of methoxy groups -OCH3 is 1. The minimum absolute atomic E-state index is 0.0457. The van der Waals surface area contributed by atoms with Crippen LogP contribution in [0.5, 0.6) is 0 Å². The van der Waals surface area contributed by atoms with Gasteiger partial charge in [0.05, 0.1) is 6.20 Å². The summed E-state index contributed by atoms with van der Waals surface area (Å²) in [5, 5.41) is 2.69. The zero-order valence-corrected chi connectivity index (χ0v) is 8.53. The Labute approximate surface area is 82.5 Å². The van der Waals surface area contributed by atoms with Crippen molar-refractivity contribution in [1.82, 2.24) is 10.3 Å². The highest BCUT2D eigenvalue weighted by Crippen LogP contribution is 2.11. The van der Waals surface area contributed by atoms with Crippen LogP contribution in [0.2, 0.25) is 0 Å². The SMILES string of the molecule is COCC(=O)NC(C)c1ncc(C)o1. The smallest absolute Gasteiger partial charge is 0.246 e. The molecule has 0 aliphatic heterocycles. The standard InChI is InChI=1S/C9H14N2O3/c1-6-4-10-9(14-6)7(2)11-8(12)5-13-3/h4,7H,5H2,1-3H3,(H,11,12). The summed E-state index contributed by atoms with van der Waals surface area (Å²) in [5.41, 5.74) is 0. The molecule has 1 aromatic heterocycles. The molecule has 0 radical (unpaired) electrons. The Kier molecular flexibility index (Phi) is 3.64. The molecule has 1 rings (SSSR count). The van der Waals surface area contributed by atoms with E-state index in [-0.39, 0.29) is 18.6 Å². The van der Waals surface area contributed by atoms with Gasteiger partial charge in [0.25, 0.3) is 0 Å². The molecule has 0 spiro atoms. The van der Waals surface area contributed by atoms with Crippen molar-refractivity contribution >= 4 is 5.91 Å². The van der Waals surface area contributed by atoms with Crippen LogP contribution in [0.3, 0.4) is 0 Å². The van der Waals surface area contributed by atoms with Gasteiger partial charge in [0, 0.05) is 7.11 Å². The number of aromatic nitrogens is 1. The van der Waals surface area contributed by atoms with E-state index in [0.29, 0.717) is 5.89 Å². The van der Waals surface area contributed by atoms with E-state index in [4.69, 9.17) is 4.42 Å². The minimum Gasteiger partial charge on any atom is -0.444 e. The maximum Gasteiger partial charge on any atom is 0.246 e. The summed E-state index contributed by atoms with van der Waals surface area (Å²) in [6.45, 7) is 3.66. The van der Waals surface area contributed by atoms with Crippen LogP contribution >= 0.6 is 0 Å². The highest BCUT2D eigenvalue weighted by atomic mass is 16.5. The first-order chi connectivity index (χ1) is 6.63. The number of ether oxygens (including phenoxy) is 1. The number of nitrogens with zero attached hydrogens (tertiary/aromatic N) is 1. The number of hydrogen-bond acceptors (Lipinski definition) is 4. The van der Waals surface area contributed by atoms with E-state index >= 15 is 0 Å². The molecule has 5 nitrogen and oxygen atoms in total. The number of carbonyl (C=O) groups is 1. The molecule has 0 aromatic carbocycles. The molecule has 0 saturated heterocycles. The van der Waals surface area contributed by atoms with E-state index in [1.807, 2.05) is 0 Å². The van der Waals surface area contributed by atoms with Gasteiger partial charge in [0.1, 0.15) is 18.4 Å². The Morgan fingerprint density at radius 2 is 2.50 bits per heavy atom. The van der Waals surface area contributed by atoms with Gasteiger partial charge < -0.3 is 14.5 Å². The molecule has 0 aliphatic carbocycles. The quantitative estimate of drug-likeness (QED) is 0.777. The lowest BCUT2D eigenvalue weighted by Crippen LogP contribution is -2.29. The normalized spacial score (nSPS) is 12.5. The Hall–Kier alpha value is -1.36. The molecule has 78 valence electrons. The molecule has 1 unspecified atom stereocenters. The van der Waals surface area contributed by atoms with Gasteiger partial charge >= 0.3 is 0 Å². The first-order valence-corrected chi connectivity index (χ1v) is 4.34. The van der Waals surface area contributed by atoms with Crippen LogP contribution in [0.1, 0.15) is 24.6 Å². The maximum absolute atomic E-state index is 11.1. The second-order valence-corrected chi connectivity index (χ2v) is 3.03. The van der Waals surface area contributed by atoms with Crippen molar-refractivity contribution in [3.05, 3.63) is 17.8 Å². The molecular weight excluding hydrogens is 184 g/mol. The van der Waals surface area contributed by atoms with Crippen LogP contribution in [0.4, 0.5) is 0 Å². The minimum atomic E-state index is -0.230. The van der Waals surface area contributed by atoms with Crippen molar-refractivity contribution in [2.45, 2.75) is 19.9 Å². The molecule has 0 bridgehead atoms. The molecule has 1 atom stereocenters. The zero-order chi connectivity index (χ0) is 10.6. The van der Waals surface area contributed by atoms with Gasteiger partial charge in [-0.3, -0.25) is 4.79 Å². The molecule has 14 heavy (non-hydrogen) atoms. The van der Waals surface area contributed by atoms with Crippen LogP contribution in [-0.4, -0.2) is 24.6 Å². The van der Waals surface area contributed by atoms with Gasteiger partial charge in [-0.05, 0) is 13.8 Å². The maximum atomic E-state index is 11.1. The monoisotopic (exact) mass is 198 g/mol. The summed E-state index contributed by atoms with van der Waals surface area (Å²) < 4.78 is 9.94. The summed E-state index contributed by atoms with van der Waals surface area (Å²) >= 11 is 0. The Morgan fingerprint density at radius 1 is 1.79 bits per heavy atom. The summed E-state index contributed by atoms with van der Waals surface area (Å²) in [5.74, 6) is 1.05. The molecule has 0 saturated carbocycles. The lowest BCUT2D eigenvalue weighted by atomic mass is 10.3. The molecule has 1 aromatic rings. The number of amides is 1. The van der Waals surface area contributed by atoms with E-state index in [2.05, 4.69) is 15.0 Å². The summed E-state index contributed by atoms with van der Waals surface area (Å²) in [6.07, 6.45) is 1.62. The molecule has 1 amide bonds. The van der Waals surface area contributed by atoms with Gasteiger partial charge in [-0.25, -0.2) is 4.98 Å². The van der Waals surface area contributed by atoms with Gasteiger partial charge in [0.2, 0.25) is 11.8 Å². The second kappa shape index (κ2) is 4.76. The number of carbonyl (C=O) groups excluding carboxylic acids is 1. The molecule has 0 aliphatic rings. The Bertz CT molecular complexity index is 309. The molecule has 0 fully saturated rings. The molecule has 1 heterocycles. The lowest BCUT2D eigenvalue weighted by Gasteiger charge is -2.09. The van der Waals surface area contributed by atoms with Crippen molar-refractivity contribution < 1.29 is 13.9 Å². The highest BCUT2D eigenvalue weighted by Gasteiger charge is 2.13. The average molecular weight is 198 g/mol. The third kappa shape index (κ3) is 2.85. The third-order valence-corrected chi connectivity index (χ3v) is 1.66. The number of aryl methyl sites for hydroxylation is 1. The third-order valence-electron chi connectivity index (χ3n) is 1.66. The predicted molar refractivity (Wildman–Crippen MR) is 49.7 cm³/mol. The summed E-state index contributed by atoms with van der Waals surface area (Å²) in [7, 11) is 1.47. The van der Waals surface area contributed by atoms with Crippen molar-refractivity contribution in [3.8, 4) is 0 Å². The van der Waals surface area contributed by atoms with Gasteiger partial charge in [-0.2, -0.15) is 0 Å². The van der Waals surface area contributed by atoms with Crippen LogP contribution in [-0.2, 0) is 9.53 Å². The Balaban J connectivity index is 2.50. The topological polar surface area (TPSA) is 64.4 Å². The second-order valence-electron chi connectivity index (χ2n) is 3.03. The summed E-state index contributed by atoms with van der Waals surface area (Å²) in [4.78, 5) is 15.1. The summed E-state index contributed by atoms with van der Waals surface area (Å²) in [6, 6.07) is -0.230. The van der Waals surface area contributed by atoms with E-state index in [0.717, 1.165) is 5.76 Å². The van der Waals surface area contributed by atoms with Crippen LogP contribution in [0.15, 0.2) is 10.6 Å². The van der Waals surface area contributed by atoms with Gasteiger partial charge in [-0.1, -0.05) is 0 Å². The van der Waals surface area contributed by atoms with Crippen LogP contribution in [0.25, 0.3) is 0 Å². The fourth-order valence-corrected chi connectivity index (χ4v) is 1.05. The molecular formula is C9H14N2O3. The zero-order valence-electron chi connectivity index (χ0n) is 8.53. The van der Waals surface area contributed by atoms with Crippen molar-refractivity contribution in [2.75, 3.05) is 13.7 Å². The van der Waals surface area contributed by atoms with E-state index < -0.39 is 0 Å². The van der Waals surface area contributed by atoms with E-state index in [9.17, 15) is 4.79 Å². The average Bonchev–Trinajstić information content (AvgIpc) is 2.52. The lowest BCUT2D eigenvalue weighted by molar-refractivity contribution is -0.125. The van der Waals surface area contributed by atoms with Crippen LogP contribution < -0.4 is 5.32 Å². The number of oxazole rings is 1. The van der Waals surface area contributed by atoms with Gasteiger partial charge in [0.15, 0.2) is 0 Å².